The minimum atomic E-state index is 0.233. The lowest BCUT2D eigenvalue weighted by Gasteiger charge is -2.45. The quantitative estimate of drug-likeness (QED) is 0.887. The van der Waals surface area contributed by atoms with Gasteiger partial charge in [0.1, 0.15) is 0 Å². The summed E-state index contributed by atoms with van der Waals surface area (Å²) in [6.07, 6.45) is 10.6. The standard InChI is InChI=1S/C17H30N2S/c1-15(13-16-9-8-12-20-16)19(2)17(14-18)10-6-4-3-5-7-11-17/h8-9,12,15H,3-7,10-11,13-14,18H2,1-2H3. The van der Waals surface area contributed by atoms with Gasteiger partial charge in [0, 0.05) is 23.0 Å². The van der Waals surface area contributed by atoms with E-state index in [0.29, 0.717) is 6.04 Å². The topological polar surface area (TPSA) is 29.3 Å². The molecule has 114 valence electrons. The Hall–Kier alpha value is -0.380. The molecule has 2 nitrogen and oxygen atoms in total. The van der Waals surface area contributed by atoms with Crippen LogP contribution in [-0.2, 0) is 6.42 Å². The second-order valence-electron chi connectivity index (χ2n) is 6.44. The van der Waals surface area contributed by atoms with Gasteiger partial charge in [-0.3, -0.25) is 4.90 Å². The van der Waals surface area contributed by atoms with Gasteiger partial charge in [0.2, 0.25) is 0 Å². The van der Waals surface area contributed by atoms with Crippen LogP contribution in [0.3, 0.4) is 0 Å². The Morgan fingerprint density at radius 3 is 2.45 bits per heavy atom. The maximum absolute atomic E-state index is 6.23. The van der Waals surface area contributed by atoms with Gasteiger partial charge in [0.25, 0.3) is 0 Å². The molecule has 0 amide bonds. The van der Waals surface area contributed by atoms with Gasteiger partial charge in [-0.05, 0) is 44.7 Å². The molecule has 0 bridgehead atoms. The highest BCUT2D eigenvalue weighted by atomic mass is 32.1. The lowest BCUT2D eigenvalue weighted by Crippen LogP contribution is -2.56. The first-order chi connectivity index (χ1) is 9.68. The number of rotatable bonds is 5. The van der Waals surface area contributed by atoms with Gasteiger partial charge >= 0.3 is 0 Å². The Labute approximate surface area is 128 Å². The van der Waals surface area contributed by atoms with Gasteiger partial charge in [-0.25, -0.2) is 0 Å². The fraction of sp³-hybridized carbons (Fsp3) is 0.765. The molecule has 2 rings (SSSR count). The molecule has 0 aromatic carbocycles. The van der Waals surface area contributed by atoms with Gasteiger partial charge in [0.15, 0.2) is 0 Å². The highest BCUT2D eigenvalue weighted by Gasteiger charge is 2.35. The molecule has 1 aliphatic rings. The van der Waals surface area contributed by atoms with E-state index >= 15 is 0 Å². The molecule has 2 N–H and O–H groups in total. The lowest BCUT2D eigenvalue weighted by atomic mass is 9.81. The number of thiophene rings is 1. The van der Waals surface area contributed by atoms with E-state index in [1.54, 1.807) is 0 Å². The predicted molar refractivity (Wildman–Crippen MR) is 89.4 cm³/mol. The van der Waals surface area contributed by atoms with E-state index in [9.17, 15) is 0 Å². The van der Waals surface area contributed by atoms with E-state index in [4.69, 9.17) is 5.73 Å². The van der Waals surface area contributed by atoms with E-state index in [1.807, 2.05) is 11.3 Å². The molecule has 20 heavy (non-hydrogen) atoms. The van der Waals surface area contributed by atoms with E-state index < -0.39 is 0 Å². The van der Waals surface area contributed by atoms with Gasteiger partial charge in [-0.1, -0.05) is 38.2 Å². The van der Waals surface area contributed by atoms with Crippen molar-refractivity contribution in [3.8, 4) is 0 Å². The Bertz CT molecular complexity index is 366. The zero-order valence-corrected chi connectivity index (χ0v) is 13.9. The summed E-state index contributed by atoms with van der Waals surface area (Å²) in [6, 6.07) is 4.97. The van der Waals surface area contributed by atoms with E-state index in [0.717, 1.165) is 13.0 Å². The Kier molecular flexibility index (Phi) is 6.06. The van der Waals surface area contributed by atoms with Crippen molar-refractivity contribution in [1.82, 2.24) is 4.90 Å². The van der Waals surface area contributed by atoms with Crippen LogP contribution in [0.25, 0.3) is 0 Å². The van der Waals surface area contributed by atoms with Crippen molar-refractivity contribution >= 4 is 11.3 Å². The van der Waals surface area contributed by atoms with Crippen LogP contribution in [0.15, 0.2) is 17.5 Å². The van der Waals surface area contributed by atoms with E-state index in [1.165, 1.54) is 49.8 Å². The van der Waals surface area contributed by atoms with Crippen LogP contribution in [0.2, 0.25) is 0 Å². The lowest BCUT2D eigenvalue weighted by molar-refractivity contribution is 0.0591. The zero-order valence-electron chi connectivity index (χ0n) is 13.1. The molecule has 0 radical (unpaired) electrons. The van der Waals surface area contributed by atoms with Crippen molar-refractivity contribution < 1.29 is 0 Å². The van der Waals surface area contributed by atoms with E-state index in [-0.39, 0.29) is 5.54 Å². The predicted octanol–water partition coefficient (Wildman–Crippen LogP) is 4.05. The highest BCUT2D eigenvalue weighted by molar-refractivity contribution is 7.09. The van der Waals surface area contributed by atoms with Crippen LogP contribution in [0.1, 0.15) is 56.7 Å². The molecular weight excluding hydrogens is 264 g/mol. The van der Waals surface area contributed by atoms with Crippen LogP contribution in [0.5, 0.6) is 0 Å². The normalized spacial score (nSPS) is 21.4. The van der Waals surface area contributed by atoms with Crippen LogP contribution in [0.4, 0.5) is 0 Å². The maximum Gasteiger partial charge on any atom is 0.0331 e. The Morgan fingerprint density at radius 1 is 1.25 bits per heavy atom. The van der Waals surface area contributed by atoms with Crippen LogP contribution in [-0.4, -0.2) is 30.1 Å². The minimum Gasteiger partial charge on any atom is -0.329 e. The first-order valence-corrected chi connectivity index (χ1v) is 9.01. The summed E-state index contributed by atoms with van der Waals surface area (Å²) in [5.74, 6) is 0. The maximum atomic E-state index is 6.23. The Morgan fingerprint density at radius 2 is 1.90 bits per heavy atom. The van der Waals surface area contributed by atoms with Gasteiger partial charge in [-0.15, -0.1) is 11.3 Å². The SMILES string of the molecule is CC(Cc1cccs1)N(C)C1(CN)CCCCCCC1. The molecule has 0 aliphatic heterocycles. The molecule has 1 heterocycles. The summed E-state index contributed by atoms with van der Waals surface area (Å²) in [6.45, 7) is 3.16. The summed E-state index contributed by atoms with van der Waals surface area (Å²) < 4.78 is 0. The summed E-state index contributed by atoms with van der Waals surface area (Å²) in [7, 11) is 2.30. The molecule has 3 heteroatoms. The van der Waals surface area contributed by atoms with Crippen LogP contribution in [0, 0.1) is 0 Å². The molecule has 1 aromatic heterocycles. The van der Waals surface area contributed by atoms with Crippen molar-refractivity contribution in [2.45, 2.75) is 69.9 Å². The smallest absolute Gasteiger partial charge is 0.0331 e. The molecule has 1 saturated carbocycles. The third-order valence-electron chi connectivity index (χ3n) is 5.15. The molecule has 0 spiro atoms. The first kappa shape index (κ1) is 16.0. The largest absolute Gasteiger partial charge is 0.329 e. The average molecular weight is 295 g/mol. The molecule has 1 aliphatic carbocycles. The monoisotopic (exact) mass is 294 g/mol. The van der Waals surface area contributed by atoms with E-state index in [2.05, 4.69) is 36.4 Å². The number of likely N-dealkylation sites (N-methyl/N-ethyl adjacent to an activating group) is 1. The number of hydrogen-bond acceptors (Lipinski definition) is 3. The fourth-order valence-corrected chi connectivity index (χ4v) is 4.42. The summed E-state index contributed by atoms with van der Waals surface area (Å²) in [5, 5.41) is 2.18. The number of hydrogen-bond donors (Lipinski definition) is 1. The third-order valence-corrected chi connectivity index (χ3v) is 6.05. The van der Waals surface area contributed by atoms with Crippen LogP contribution < -0.4 is 5.73 Å². The van der Waals surface area contributed by atoms with Crippen molar-refractivity contribution in [1.29, 1.82) is 0 Å². The second kappa shape index (κ2) is 7.58. The minimum absolute atomic E-state index is 0.233. The summed E-state index contributed by atoms with van der Waals surface area (Å²) in [4.78, 5) is 4.08. The summed E-state index contributed by atoms with van der Waals surface area (Å²) in [5.41, 5.74) is 6.46. The molecule has 1 fully saturated rings. The van der Waals surface area contributed by atoms with Crippen molar-refractivity contribution in [3.63, 3.8) is 0 Å². The second-order valence-corrected chi connectivity index (χ2v) is 7.47. The fourth-order valence-electron chi connectivity index (χ4n) is 3.59. The van der Waals surface area contributed by atoms with Crippen molar-refractivity contribution in [2.75, 3.05) is 13.6 Å². The van der Waals surface area contributed by atoms with Crippen LogP contribution >= 0.6 is 11.3 Å². The third kappa shape index (κ3) is 3.84. The average Bonchev–Trinajstić information content (AvgIpc) is 2.91. The zero-order chi connectivity index (χ0) is 14.4. The number of nitrogens with two attached hydrogens (primary N) is 1. The molecule has 1 unspecified atom stereocenters. The van der Waals surface area contributed by atoms with Gasteiger partial charge in [-0.2, -0.15) is 0 Å². The molecule has 1 aromatic rings. The number of nitrogens with zero attached hydrogens (tertiary/aromatic N) is 1. The van der Waals surface area contributed by atoms with Crippen molar-refractivity contribution in [2.24, 2.45) is 5.73 Å². The Balaban J connectivity index is 2.03. The van der Waals surface area contributed by atoms with Gasteiger partial charge < -0.3 is 5.73 Å². The molecule has 1 atom stereocenters. The van der Waals surface area contributed by atoms with Gasteiger partial charge in [0.05, 0.1) is 0 Å². The molecular formula is C17H30N2S. The highest BCUT2D eigenvalue weighted by Crippen LogP contribution is 2.32. The first-order valence-electron chi connectivity index (χ1n) is 8.13. The molecule has 0 saturated heterocycles. The van der Waals surface area contributed by atoms with Crippen molar-refractivity contribution in [3.05, 3.63) is 22.4 Å². The summed E-state index contributed by atoms with van der Waals surface area (Å²) >= 11 is 1.87.